The minimum absolute atomic E-state index is 0.133. The van der Waals surface area contributed by atoms with Gasteiger partial charge in [0.05, 0.1) is 4.99 Å². The normalized spacial score (nSPS) is 21.9. The molecule has 2 aliphatic rings. The van der Waals surface area contributed by atoms with E-state index >= 15 is 0 Å². The minimum Gasteiger partial charge on any atom is -0.363 e. The van der Waals surface area contributed by atoms with Gasteiger partial charge in [-0.15, -0.1) is 0 Å². The van der Waals surface area contributed by atoms with Crippen LogP contribution in [0.4, 0.5) is 0 Å². The first-order valence-corrected chi connectivity index (χ1v) is 9.21. The molecule has 23 heavy (non-hydrogen) atoms. The van der Waals surface area contributed by atoms with Crippen molar-refractivity contribution in [3.63, 3.8) is 0 Å². The van der Waals surface area contributed by atoms with Gasteiger partial charge in [-0.25, -0.2) is 0 Å². The summed E-state index contributed by atoms with van der Waals surface area (Å²) in [6.45, 7) is 12.1. The predicted octanol–water partition coefficient (Wildman–Crippen LogP) is 3.95. The number of rotatable bonds is 3. The van der Waals surface area contributed by atoms with E-state index < -0.39 is 0 Å². The van der Waals surface area contributed by atoms with E-state index in [1.807, 2.05) is 4.90 Å². The van der Waals surface area contributed by atoms with Crippen molar-refractivity contribution in [3.05, 3.63) is 23.3 Å². The maximum absolute atomic E-state index is 12.5. The number of hydrogen-bond acceptors (Lipinski definition) is 2. The highest BCUT2D eigenvalue weighted by molar-refractivity contribution is 7.80. The third-order valence-corrected chi connectivity index (χ3v) is 5.73. The molecule has 1 saturated heterocycles. The molecular weight excluding hydrogens is 304 g/mol. The number of nitrogens with zero attached hydrogens (tertiary/aromatic N) is 2. The zero-order valence-electron chi connectivity index (χ0n) is 15.0. The summed E-state index contributed by atoms with van der Waals surface area (Å²) in [6.07, 6.45) is 8.37. The predicted molar refractivity (Wildman–Crippen MR) is 101 cm³/mol. The lowest BCUT2D eigenvalue weighted by atomic mass is 9.72. The number of carbonyl (C=O) groups excluding carboxylic acids is 1. The van der Waals surface area contributed by atoms with Crippen molar-refractivity contribution in [2.45, 2.75) is 53.4 Å². The molecule has 1 heterocycles. The van der Waals surface area contributed by atoms with Gasteiger partial charge in [0.15, 0.2) is 0 Å². The third kappa shape index (κ3) is 4.43. The number of amides is 1. The molecule has 0 aromatic rings. The molecule has 0 saturated carbocycles. The summed E-state index contributed by atoms with van der Waals surface area (Å²) in [5, 5.41) is 0. The van der Waals surface area contributed by atoms with Crippen LogP contribution >= 0.6 is 12.2 Å². The molecule has 3 nitrogen and oxygen atoms in total. The summed E-state index contributed by atoms with van der Waals surface area (Å²) < 4.78 is 0. The minimum atomic E-state index is 0.133. The lowest BCUT2D eigenvalue weighted by Gasteiger charge is -2.36. The van der Waals surface area contributed by atoms with Crippen LogP contribution in [0.25, 0.3) is 0 Å². The van der Waals surface area contributed by atoms with Crippen LogP contribution < -0.4 is 0 Å². The van der Waals surface area contributed by atoms with Crippen LogP contribution in [0.2, 0.25) is 0 Å². The maximum Gasteiger partial charge on any atom is 0.246 e. The van der Waals surface area contributed by atoms with E-state index in [0.29, 0.717) is 0 Å². The van der Waals surface area contributed by atoms with Crippen LogP contribution in [0.15, 0.2) is 23.3 Å². The van der Waals surface area contributed by atoms with Crippen LogP contribution in [-0.4, -0.2) is 46.9 Å². The first-order valence-electron chi connectivity index (χ1n) is 8.80. The topological polar surface area (TPSA) is 23.6 Å². The van der Waals surface area contributed by atoms with Crippen molar-refractivity contribution in [3.8, 4) is 0 Å². The maximum atomic E-state index is 12.5. The van der Waals surface area contributed by atoms with Crippen molar-refractivity contribution in [2.75, 3.05) is 26.2 Å². The smallest absolute Gasteiger partial charge is 0.246 e. The molecule has 0 N–H and O–H groups in total. The van der Waals surface area contributed by atoms with Crippen LogP contribution in [0.5, 0.6) is 0 Å². The van der Waals surface area contributed by atoms with E-state index in [1.54, 1.807) is 6.08 Å². The van der Waals surface area contributed by atoms with Crippen molar-refractivity contribution >= 4 is 23.1 Å². The Balaban J connectivity index is 1.96. The van der Waals surface area contributed by atoms with E-state index in [9.17, 15) is 4.79 Å². The Kier molecular flexibility index (Phi) is 6.01. The number of hydrogen-bond donors (Lipinski definition) is 0. The Morgan fingerprint density at radius 3 is 2.39 bits per heavy atom. The molecule has 0 aromatic carbocycles. The molecule has 0 radical (unpaired) electrons. The van der Waals surface area contributed by atoms with Crippen molar-refractivity contribution in [1.29, 1.82) is 0 Å². The van der Waals surface area contributed by atoms with Gasteiger partial charge >= 0.3 is 0 Å². The zero-order chi connectivity index (χ0) is 17.0. The van der Waals surface area contributed by atoms with E-state index in [0.717, 1.165) is 44.0 Å². The Bertz CT molecular complexity index is 525. The number of thiocarbonyl (C=S) groups is 1. The van der Waals surface area contributed by atoms with Gasteiger partial charge in [0.25, 0.3) is 0 Å². The van der Waals surface area contributed by atoms with Gasteiger partial charge in [-0.05, 0) is 43.6 Å². The monoisotopic (exact) mass is 334 g/mol. The van der Waals surface area contributed by atoms with E-state index in [-0.39, 0.29) is 11.3 Å². The Morgan fingerprint density at radius 2 is 1.83 bits per heavy atom. The fourth-order valence-corrected chi connectivity index (χ4v) is 3.85. The molecule has 0 bridgehead atoms. The molecule has 4 heteroatoms. The standard InChI is InChI=1S/C19H30N2OS/c1-5-18(23)21-13-11-20(12-14-21)17(22)9-8-16-15(2)7-6-10-19(16,3)4/h8-9H,5-7,10-14H2,1-4H3/b9-8+. The van der Waals surface area contributed by atoms with Gasteiger partial charge in [0.1, 0.15) is 0 Å². The molecule has 2 rings (SSSR count). The molecule has 0 spiro atoms. The number of allylic oxidation sites excluding steroid dienone is 3. The van der Waals surface area contributed by atoms with Crippen LogP contribution in [-0.2, 0) is 4.79 Å². The molecule has 0 atom stereocenters. The lowest BCUT2D eigenvalue weighted by Crippen LogP contribution is -2.49. The largest absolute Gasteiger partial charge is 0.363 e. The Morgan fingerprint density at radius 1 is 1.22 bits per heavy atom. The Hall–Kier alpha value is -1.16. The van der Waals surface area contributed by atoms with Crippen LogP contribution in [0.3, 0.4) is 0 Å². The summed E-state index contributed by atoms with van der Waals surface area (Å²) in [7, 11) is 0. The van der Waals surface area contributed by atoms with Gasteiger partial charge in [0, 0.05) is 32.3 Å². The second-order valence-electron chi connectivity index (χ2n) is 7.32. The molecule has 1 aliphatic carbocycles. The van der Waals surface area contributed by atoms with Crippen molar-refractivity contribution < 1.29 is 4.79 Å². The number of piperazine rings is 1. The average molecular weight is 335 g/mol. The van der Waals surface area contributed by atoms with Gasteiger partial charge in [-0.3, -0.25) is 4.79 Å². The zero-order valence-corrected chi connectivity index (χ0v) is 15.8. The Labute approximate surface area is 146 Å². The molecule has 1 aliphatic heterocycles. The van der Waals surface area contributed by atoms with Gasteiger partial charge in [0.2, 0.25) is 5.91 Å². The highest BCUT2D eigenvalue weighted by Crippen LogP contribution is 2.40. The second kappa shape index (κ2) is 7.61. The van der Waals surface area contributed by atoms with E-state index in [2.05, 4.69) is 38.7 Å². The average Bonchev–Trinajstić information content (AvgIpc) is 2.53. The van der Waals surface area contributed by atoms with Crippen molar-refractivity contribution in [2.24, 2.45) is 5.41 Å². The molecule has 0 unspecified atom stereocenters. The molecule has 1 amide bonds. The van der Waals surface area contributed by atoms with E-state index in [4.69, 9.17) is 12.2 Å². The SMILES string of the molecule is CCC(=S)N1CCN(C(=O)/C=C/C2=C(C)CCCC2(C)C)CC1. The van der Waals surface area contributed by atoms with Gasteiger partial charge in [-0.2, -0.15) is 0 Å². The fraction of sp³-hybridized carbons (Fsp3) is 0.684. The highest BCUT2D eigenvalue weighted by Gasteiger charge is 2.27. The lowest BCUT2D eigenvalue weighted by molar-refractivity contribution is -0.127. The summed E-state index contributed by atoms with van der Waals surface area (Å²) >= 11 is 5.36. The summed E-state index contributed by atoms with van der Waals surface area (Å²) in [5.74, 6) is 0.133. The second-order valence-corrected chi connectivity index (χ2v) is 7.80. The summed E-state index contributed by atoms with van der Waals surface area (Å²) in [5.41, 5.74) is 2.97. The molecule has 0 aromatic heterocycles. The summed E-state index contributed by atoms with van der Waals surface area (Å²) in [4.78, 5) is 17.6. The molecule has 128 valence electrons. The molecule has 1 fully saturated rings. The van der Waals surface area contributed by atoms with Crippen LogP contribution in [0.1, 0.15) is 53.4 Å². The van der Waals surface area contributed by atoms with Crippen LogP contribution in [0, 0.1) is 5.41 Å². The number of carbonyl (C=O) groups is 1. The van der Waals surface area contributed by atoms with Gasteiger partial charge < -0.3 is 9.80 Å². The first-order chi connectivity index (χ1) is 10.8. The molecular formula is C19H30N2OS. The van der Waals surface area contributed by atoms with E-state index in [1.165, 1.54) is 24.0 Å². The quantitative estimate of drug-likeness (QED) is 0.577. The third-order valence-electron chi connectivity index (χ3n) is 5.18. The fourth-order valence-electron chi connectivity index (χ4n) is 3.67. The van der Waals surface area contributed by atoms with Crippen molar-refractivity contribution in [1.82, 2.24) is 9.80 Å². The first kappa shape index (κ1) is 18.2. The highest BCUT2D eigenvalue weighted by atomic mass is 32.1. The summed E-state index contributed by atoms with van der Waals surface area (Å²) in [6, 6.07) is 0. The van der Waals surface area contributed by atoms with Gasteiger partial charge in [-0.1, -0.05) is 44.6 Å².